The van der Waals surface area contributed by atoms with Crippen LogP contribution in [-0.4, -0.2) is 63.1 Å². The van der Waals surface area contributed by atoms with Crippen LogP contribution in [0, 0.1) is 5.92 Å². The van der Waals surface area contributed by atoms with Crippen LogP contribution in [0.15, 0.2) is 12.1 Å². The molecule has 1 saturated heterocycles. The molecule has 3 aliphatic carbocycles. The van der Waals surface area contributed by atoms with E-state index in [9.17, 15) is 25.2 Å². The normalized spacial score (nSPS) is 37.7. The average Bonchev–Trinajstić information content (AvgIpc) is 3.07. The molecule has 7 heteroatoms. The summed E-state index contributed by atoms with van der Waals surface area (Å²) in [5, 5.41) is 42.4. The fourth-order valence-electron chi connectivity index (χ4n) is 6.83. The zero-order valence-electron chi connectivity index (χ0n) is 18.0. The minimum atomic E-state index is -0.995. The Balaban J connectivity index is 0.000000371. The molecule has 0 radical (unpaired) electrons. The molecule has 0 unspecified atom stereocenters. The lowest BCUT2D eigenvalue weighted by Gasteiger charge is -2.64. The first-order valence-electron chi connectivity index (χ1n) is 11.7. The number of carbonyl (C=O) groups excluding carboxylic acids is 1. The van der Waals surface area contributed by atoms with Crippen LogP contribution in [0.3, 0.4) is 0 Å². The summed E-state index contributed by atoms with van der Waals surface area (Å²) < 4.78 is 6.16. The highest BCUT2D eigenvalue weighted by Gasteiger charge is 2.72. The van der Waals surface area contributed by atoms with Gasteiger partial charge in [0.05, 0.1) is 17.1 Å². The summed E-state index contributed by atoms with van der Waals surface area (Å²) in [7, 11) is 0. The number of hydrogen-bond donors (Lipinski definition) is 3. The Kier molecular flexibility index (Phi) is 4.99. The molecule has 2 saturated carbocycles. The van der Waals surface area contributed by atoms with E-state index in [1.165, 1.54) is 31.7 Å². The van der Waals surface area contributed by atoms with Gasteiger partial charge in [-0.15, -0.1) is 0 Å². The first-order chi connectivity index (χ1) is 14.8. The zero-order valence-corrected chi connectivity index (χ0v) is 18.0. The molecule has 6 rings (SSSR count). The van der Waals surface area contributed by atoms with Gasteiger partial charge in [-0.1, -0.05) is 19.4 Å². The van der Waals surface area contributed by atoms with Crippen molar-refractivity contribution in [2.24, 2.45) is 5.92 Å². The third-order valence-corrected chi connectivity index (χ3v) is 8.55. The smallest absolute Gasteiger partial charge is 0.165 e. The van der Waals surface area contributed by atoms with Crippen molar-refractivity contribution in [3.63, 3.8) is 0 Å². The molecular weight excluding hydrogens is 398 g/mol. The fraction of sp³-hybridized carbons (Fsp3) is 0.708. The molecule has 5 atom stereocenters. The molecule has 3 fully saturated rings. The number of carboxylic acid groups (broad SMARTS) is 1. The Bertz CT molecular complexity index is 885. The molecule has 2 heterocycles. The maximum absolute atomic E-state index is 12.1. The molecule has 2 bridgehead atoms. The summed E-state index contributed by atoms with van der Waals surface area (Å²) >= 11 is 0. The van der Waals surface area contributed by atoms with Gasteiger partial charge in [0.25, 0.3) is 0 Å². The maximum Gasteiger partial charge on any atom is 0.165 e. The number of carbonyl (C=O) groups is 1. The minimum absolute atomic E-state index is 0.0819. The second-order valence-electron chi connectivity index (χ2n) is 9.98. The summed E-state index contributed by atoms with van der Waals surface area (Å²) in [6.45, 7) is 3.55. The van der Waals surface area contributed by atoms with E-state index in [-0.39, 0.29) is 18.2 Å². The largest absolute Gasteiger partial charge is 0.550 e. The van der Waals surface area contributed by atoms with Crippen molar-refractivity contribution in [2.45, 2.75) is 87.6 Å². The molecule has 1 spiro atoms. The topological polar surface area (TPSA) is 113 Å². The molecule has 31 heavy (non-hydrogen) atoms. The first-order valence-corrected chi connectivity index (χ1v) is 11.7. The maximum atomic E-state index is 12.1. The van der Waals surface area contributed by atoms with E-state index in [0.29, 0.717) is 18.6 Å². The van der Waals surface area contributed by atoms with Gasteiger partial charge in [0, 0.05) is 24.1 Å². The number of carboxylic acids is 1. The van der Waals surface area contributed by atoms with Gasteiger partial charge in [-0.25, -0.2) is 0 Å². The molecule has 170 valence electrons. The Hall–Kier alpha value is -1.83. The van der Waals surface area contributed by atoms with Crippen LogP contribution in [0.25, 0.3) is 0 Å². The molecule has 0 amide bonds. The van der Waals surface area contributed by atoms with E-state index in [2.05, 4.69) is 4.90 Å². The predicted octanol–water partition coefficient (Wildman–Crippen LogP) is 0.854. The Morgan fingerprint density at radius 3 is 2.68 bits per heavy atom. The third-order valence-electron chi connectivity index (χ3n) is 8.55. The molecule has 3 N–H and O–H groups in total. The zero-order chi connectivity index (χ0) is 22.0. The highest BCUT2D eigenvalue weighted by atomic mass is 16.5. The highest BCUT2D eigenvalue weighted by molar-refractivity contribution is 5.63. The van der Waals surface area contributed by atoms with Gasteiger partial charge < -0.3 is 30.0 Å². The van der Waals surface area contributed by atoms with E-state index >= 15 is 0 Å². The molecule has 7 nitrogen and oxygen atoms in total. The molecule has 1 aromatic rings. The summed E-state index contributed by atoms with van der Waals surface area (Å²) in [6.07, 6.45) is 5.79. The fourth-order valence-corrected chi connectivity index (χ4v) is 6.83. The SMILES string of the molecule is CCC(=O)[O-].Oc1ccc2c3c1O[C@H]1[C@@H](O)CC[C@@]4(O)[C@@H](C2)N(CC2CCC2)CC[C@]314. The number of phenolic OH excluding ortho intramolecular Hbond substituents is 1. The van der Waals surface area contributed by atoms with Gasteiger partial charge in [0.2, 0.25) is 0 Å². The lowest BCUT2D eigenvalue weighted by molar-refractivity contribution is -0.305. The first kappa shape index (κ1) is 21.0. The number of ether oxygens (including phenoxy) is 1. The lowest BCUT2D eigenvalue weighted by atomic mass is 9.48. The predicted molar refractivity (Wildman–Crippen MR) is 111 cm³/mol. The second kappa shape index (κ2) is 7.36. The number of likely N-dealkylation sites (tertiary alicyclic amines) is 1. The molecule has 2 aliphatic heterocycles. The number of benzene rings is 1. The van der Waals surface area contributed by atoms with E-state index in [1.807, 2.05) is 6.07 Å². The summed E-state index contributed by atoms with van der Waals surface area (Å²) in [6, 6.07) is 3.80. The number of aliphatic hydroxyl groups is 2. The number of hydrogen-bond acceptors (Lipinski definition) is 7. The number of phenols is 1. The van der Waals surface area contributed by atoms with E-state index in [0.717, 1.165) is 37.4 Å². The molecular formula is C24H32NO6-. The van der Waals surface area contributed by atoms with Gasteiger partial charge in [-0.05, 0) is 69.0 Å². The van der Waals surface area contributed by atoms with Gasteiger partial charge in [0.1, 0.15) is 6.10 Å². The highest BCUT2D eigenvalue weighted by Crippen LogP contribution is 2.65. The van der Waals surface area contributed by atoms with Gasteiger partial charge in [-0.3, -0.25) is 4.90 Å². The van der Waals surface area contributed by atoms with Crippen molar-refractivity contribution in [1.29, 1.82) is 0 Å². The Morgan fingerprint density at radius 2 is 2.03 bits per heavy atom. The third kappa shape index (κ3) is 2.86. The van der Waals surface area contributed by atoms with Crippen LogP contribution >= 0.6 is 0 Å². The molecule has 0 aromatic heterocycles. The van der Waals surface area contributed by atoms with Gasteiger partial charge in [-0.2, -0.15) is 0 Å². The van der Waals surface area contributed by atoms with E-state index in [1.54, 1.807) is 6.07 Å². The van der Waals surface area contributed by atoms with Crippen molar-refractivity contribution < 1.29 is 30.0 Å². The quantitative estimate of drug-likeness (QED) is 0.652. The summed E-state index contributed by atoms with van der Waals surface area (Å²) in [5.41, 5.74) is 0.712. The number of aliphatic hydroxyl groups excluding tert-OH is 1. The van der Waals surface area contributed by atoms with Crippen LogP contribution in [0.4, 0.5) is 0 Å². The summed E-state index contributed by atoms with van der Waals surface area (Å²) in [4.78, 5) is 11.8. The van der Waals surface area contributed by atoms with E-state index < -0.39 is 29.2 Å². The van der Waals surface area contributed by atoms with Crippen molar-refractivity contribution in [2.75, 3.05) is 13.1 Å². The van der Waals surface area contributed by atoms with Crippen LogP contribution in [0.1, 0.15) is 63.0 Å². The number of nitrogens with zero attached hydrogens (tertiary/aromatic N) is 1. The van der Waals surface area contributed by atoms with Gasteiger partial charge in [0.15, 0.2) is 11.5 Å². The van der Waals surface area contributed by atoms with Crippen molar-refractivity contribution >= 4 is 5.97 Å². The minimum Gasteiger partial charge on any atom is -0.550 e. The van der Waals surface area contributed by atoms with E-state index in [4.69, 9.17) is 4.74 Å². The van der Waals surface area contributed by atoms with Crippen LogP contribution in [0.5, 0.6) is 11.5 Å². The average molecular weight is 431 g/mol. The standard InChI is InChI=1S/C21H27NO4.C3H6O2/c23-14-5-4-13-10-16-21(25)7-6-15(24)19-20(21,17(13)18(14)26-19)8-9-22(16)11-12-2-1-3-12;1-2-3(4)5/h4-5,12,15-16,19,23-25H,1-3,6-11H2;2H2,1H3,(H,4,5)/p-1/t15-,16+,19-,20-,21+;/m0./s1. The number of aliphatic carboxylic acids is 1. The number of rotatable bonds is 3. The van der Waals surface area contributed by atoms with Crippen molar-refractivity contribution in [3.8, 4) is 11.5 Å². The Labute approximate surface area is 182 Å². The Morgan fingerprint density at radius 1 is 1.29 bits per heavy atom. The van der Waals surface area contributed by atoms with Crippen molar-refractivity contribution in [3.05, 3.63) is 23.3 Å². The van der Waals surface area contributed by atoms with Crippen LogP contribution < -0.4 is 9.84 Å². The van der Waals surface area contributed by atoms with Crippen molar-refractivity contribution in [1.82, 2.24) is 4.90 Å². The molecule has 1 aromatic carbocycles. The summed E-state index contributed by atoms with van der Waals surface area (Å²) in [5.74, 6) is 0.425. The van der Waals surface area contributed by atoms with Crippen LogP contribution in [-0.2, 0) is 16.6 Å². The number of piperidine rings is 1. The monoisotopic (exact) mass is 430 g/mol. The van der Waals surface area contributed by atoms with Crippen LogP contribution in [0.2, 0.25) is 0 Å². The molecule has 5 aliphatic rings. The van der Waals surface area contributed by atoms with Gasteiger partial charge >= 0.3 is 0 Å². The second-order valence-corrected chi connectivity index (χ2v) is 9.98. The number of aromatic hydroxyl groups is 1. The lowest BCUT2D eigenvalue weighted by Crippen LogP contribution is -2.77.